The van der Waals surface area contributed by atoms with Gasteiger partial charge in [-0.25, -0.2) is 9.37 Å². The van der Waals surface area contributed by atoms with E-state index in [1.165, 1.54) is 6.20 Å². The highest BCUT2D eigenvalue weighted by molar-refractivity contribution is 6.30. The van der Waals surface area contributed by atoms with Crippen molar-refractivity contribution in [2.75, 3.05) is 0 Å². The third-order valence-electron chi connectivity index (χ3n) is 2.20. The minimum Gasteiger partial charge on any atom is -0.436 e. The van der Waals surface area contributed by atoms with Crippen LogP contribution >= 0.6 is 11.6 Å². The van der Waals surface area contributed by atoms with Crippen molar-refractivity contribution in [1.29, 1.82) is 5.26 Å². The first-order valence-corrected chi connectivity index (χ1v) is 5.51. The fourth-order valence-electron chi connectivity index (χ4n) is 1.36. The molecule has 0 N–H and O–H groups in total. The van der Waals surface area contributed by atoms with Gasteiger partial charge in [0.05, 0.1) is 17.5 Å². The molecule has 2 aromatic rings. The number of nitriles is 1. The molecule has 1 heterocycles. The molecule has 1 aromatic carbocycles. The van der Waals surface area contributed by atoms with Gasteiger partial charge in [0.25, 0.3) is 5.88 Å². The number of hydrogen-bond donors (Lipinski definition) is 0. The lowest BCUT2D eigenvalue weighted by Crippen LogP contribution is -1.92. The summed E-state index contributed by atoms with van der Waals surface area (Å²) in [4.78, 5) is 3.75. The molecule has 0 saturated carbocycles. The predicted molar refractivity (Wildman–Crippen MR) is 65.0 cm³/mol. The van der Waals surface area contributed by atoms with E-state index in [-0.39, 0.29) is 10.9 Å². The Morgan fingerprint density at radius 3 is 2.67 bits per heavy atom. The predicted octanol–water partition coefficient (Wildman–Crippen LogP) is 3.73. The number of aromatic nitrogens is 1. The molecule has 0 aliphatic rings. The van der Waals surface area contributed by atoms with Crippen LogP contribution in [0.4, 0.5) is 4.39 Å². The highest BCUT2D eigenvalue weighted by atomic mass is 35.5. The van der Waals surface area contributed by atoms with Gasteiger partial charge >= 0.3 is 0 Å². The smallest absolute Gasteiger partial charge is 0.255 e. The number of halogens is 2. The first kappa shape index (κ1) is 12.3. The Balaban J connectivity index is 2.16. The van der Waals surface area contributed by atoms with Crippen molar-refractivity contribution in [2.24, 2.45) is 0 Å². The summed E-state index contributed by atoms with van der Waals surface area (Å²) in [6.45, 7) is 0. The fourth-order valence-corrected chi connectivity index (χ4v) is 1.50. The molecular weight excluding hydrogens is 255 g/mol. The molecular formula is C13H8ClFN2O. The van der Waals surface area contributed by atoms with E-state index in [1.54, 1.807) is 24.3 Å². The van der Waals surface area contributed by atoms with Crippen LogP contribution in [0.5, 0.6) is 11.6 Å². The monoisotopic (exact) mass is 262 g/mol. The van der Waals surface area contributed by atoms with Gasteiger partial charge in [-0.05, 0) is 23.8 Å². The molecule has 90 valence electrons. The summed E-state index contributed by atoms with van der Waals surface area (Å²) < 4.78 is 18.7. The van der Waals surface area contributed by atoms with E-state index < -0.39 is 5.82 Å². The second-order valence-electron chi connectivity index (χ2n) is 3.52. The number of nitrogens with zero attached hydrogens (tertiary/aromatic N) is 2. The quantitative estimate of drug-likeness (QED) is 0.847. The zero-order valence-corrected chi connectivity index (χ0v) is 9.99. The average molecular weight is 263 g/mol. The van der Waals surface area contributed by atoms with Crippen LogP contribution in [0.2, 0.25) is 5.02 Å². The number of ether oxygens (including phenoxy) is 1. The van der Waals surface area contributed by atoms with Crippen LogP contribution in [0, 0.1) is 17.1 Å². The lowest BCUT2D eigenvalue weighted by Gasteiger charge is -2.06. The molecule has 2 rings (SSSR count). The zero-order chi connectivity index (χ0) is 13.0. The molecule has 0 unspecified atom stereocenters. The largest absolute Gasteiger partial charge is 0.436 e. The summed E-state index contributed by atoms with van der Waals surface area (Å²) in [6.07, 6.45) is 1.64. The van der Waals surface area contributed by atoms with Crippen LogP contribution in [-0.2, 0) is 6.42 Å². The summed E-state index contributed by atoms with van der Waals surface area (Å²) in [5, 5.41) is 8.75. The third kappa shape index (κ3) is 2.96. The van der Waals surface area contributed by atoms with E-state index in [2.05, 4.69) is 4.98 Å². The number of benzene rings is 1. The second kappa shape index (κ2) is 5.48. The van der Waals surface area contributed by atoms with Gasteiger partial charge in [0.15, 0.2) is 5.82 Å². The van der Waals surface area contributed by atoms with E-state index in [0.29, 0.717) is 12.2 Å². The number of hydrogen-bond acceptors (Lipinski definition) is 3. The summed E-state index contributed by atoms with van der Waals surface area (Å²) in [5.74, 6) is -0.304. The van der Waals surface area contributed by atoms with Gasteiger partial charge in [-0.3, -0.25) is 0 Å². The fraction of sp³-hybridized carbons (Fsp3) is 0.0769. The minimum atomic E-state index is -0.622. The van der Waals surface area contributed by atoms with Crippen LogP contribution in [-0.4, -0.2) is 4.98 Å². The molecule has 0 aliphatic carbocycles. The number of pyridine rings is 1. The van der Waals surface area contributed by atoms with Gasteiger partial charge in [-0.15, -0.1) is 0 Å². The molecule has 3 nitrogen and oxygen atoms in total. The average Bonchev–Trinajstić information content (AvgIpc) is 2.35. The lowest BCUT2D eigenvalue weighted by molar-refractivity contribution is 0.422. The van der Waals surface area contributed by atoms with Gasteiger partial charge in [0, 0.05) is 6.20 Å². The normalized spacial score (nSPS) is 9.83. The molecule has 5 heteroatoms. The van der Waals surface area contributed by atoms with Crippen LogP contribution in [0.15, 0.2) is 36.5 Å². The Bertz CT molecular complexity index is 593. The topological polar surface area (TPSA) is 45.9 Å². The molecule has 0 fully saturated rings. The summed E-state index contributed by atoms with van der Waals surface area (Å²) in [7, 11) is 0. The van der Waals surface area contributed by atoms with Crippen molar-refractivity contribution in [2.45, 2.75) is 6.42 Å². The van der Waals surface area contributed by atoms with Crippen LogP contribution in [0.1, 0.15) is 5.56 Å². The Morgan fingerprint density at radius 1 is 1.33 bits per heavy atom. The van der Waals surface area contributed by atoms with Crippen LogP contribution < -0.4 is 4.74 Å². The Kier molecular flexibility index (Phi) is 3.75. The molecule has 0 bridgehead atoms. The molecule has 18 heavy (non-hydrogen) atoms. The van der Waals surface area contributed by atoms with E-state index in [4.69, 9.17) is 21.6 Å². The van der Waals surface area contributed by atoms with Crippen molar-refractivity contribution in [3.05, 3.63) is 52.9 Å². The van der Waals surface area contributed by atoms with Gasteiger partial charge in [0.1, 0.15) is 5.75 Å². The van der Waals surface area contributed by atoms with Gasteiger partial charge < -0.3 is 4.74 Å². The minimum absolute atomic E-state index is 0.132. The van der Waals surface area contributed by atoms with Gasteiger partial charge in [0.2, 0.25) is 0 Å². The molecule has 0 aliphatic heterocycles. The Labute approximate surface area is 108 Å². The highest BCUT2D eigenvalue weighted by Crippen LogP contribution is 2.24. The molecule has 0 spiro atoms. The second-order valence-corrected chi connectivity index (χ2v) is 3.96. The first-order chi connectivity index (χ1) is 8.69. The maximum Gasteiger partial charge on any atom is 0.255 e. The van der Waals surface area contributed by atoms with Crippen molar-refractivity contribution in [3.8, 4) is 17.7 Å². The van der Waals surface area contributed by atoms with E-state index in [1.807, 2.05) is 6.07 Å². The Morgan fingerprint density at radius 2 is 2.06 bits per heavy atom. The highest BCUT2D eigenvalue weighted by Gasteiger charge is 2.07. The summed E-state index contributed by atoms with van der Waals surface area (Å²) in [6, 6.07) is 9.97. The number of rotatable bonds is 3. The van der Waals surface area contributed by atoms with Gasteiger partial charge in [-0.2, -0.15) is 5.26 Å². The molecule has 0 saturated heterocycles. The SMILES string of the molecule is N#CCc1ccc(Oc2ncc(Cl)cc2F)cc1. The van der Waals surface area contributed by atoms with Crippen molar-refractivity contribution >= 4 is 11.6 Å². The zero-order valence-electron chi connectivity index (χ0n) is 9.23. The maximum atomic E-state index is 13.4. The van der Waals surface area contributed by atoms with E-state index >= 15 is 0 Å². The van der Waals surface area contributed by atoms with Crippen LogP contribution in [0.25, 0.3) is 0 Å². The molecule has 1 aromatic heterocycles. The van der Waals surface area contributed by atoms with Crippen LogP contribution in [0.3, 0.4) is 0 Å². The first-order valence-electron chi connectivity index (χ1n) is 5.14. The van der Waals surface area contributed by atoms with Gasteiger partial charge in [-0.1, -0.05) is 23.7 Å². The van der Waals surface area contributed by atoms with E-state index in [9.17, 15) is 4.39 Å². The molecule has 0 amide bonds. The van der Waals surface area contributed by atoms with E-state index in [0.717, 1.165) is 11.6 Å². The van der Waals surface area contributed by atoms with Crippen molar-refractivity contribution < 1.29 is 9.13 Å². The van der Waals surface area contributed by atoms with Crippen molar-refractivity contribution in [1.82, 2.24) is 4.98 Å². The standard InChI is InChI=1S/C13H8ClFN2O/c14-10-7-12(15)13(17-8-10)18-11-3-1-9(2-4-11)5-6-16/h1-4,7-8H,5H2. The third-order valence-corrected chi connectivity index (χ3v) is 2.40. The lowest BCUT2D eigenvalue weighted by atomic mass is 10.2. The van der Waals surface area contributed by atoms with Crippen molar-refractivity contribution in [3.63, 3.8) is 0 Å². The maximum absolute atomic E-state index is 13.4. The Hall–Kier alpha value is -2.12. The summed E-state index contributed by atoms with van der Waals surface area (Å²) in [5.41, 5.74) is 0.870. The molecule has 0 radical (unpaired) electrons. The molecule has 0 atom stereocenters. The summed E-state index contributed by atoms with van der Waals surface area (Å²) >= 11 is 5.59.